The molecule has 2 aliphatic rings. The van der Waals surface area contributed by atoms with Gasteiger partial charge in [-0.25, -0.2) is 4.39 Å². The number of piperidine rings is 1. The van der Waals surface area contributed by atoms with Crippen molar-refractivity contribution < 1.29 is 23.5 Å². The van der Waals surface area contributed by atoms with Gasteiger partial charge in [0.05, 0.1) is 25.5 Å². The van der Waals surface area contributed by atoms with E-state index in [0.717, 1.165) is 42.5 Å². The summed E-state index contributed by atoms with van der Waals surface area (Å²) in [4.78, 5) is 41.3. The van der Waals surface area contributed by atoms with Crippen LogP contribution in [0.3, 0.4) is 0 Å². The van der Waals surface area contributed by atoms with Crippen LogP contribution in [0.15, 0.2) is 48.5 Å². The molecule has 1 aliphatic heterocycles. The van der Waals surface area contributed by atoms with E-state index in [9.17, 15) is 18.8 Å². The summed E-state index contributed by atoms with van der Waals surface area (Å²) < 4.78 is 18.8. The lowest BCUT2D eigenvalue weighted by Crippen LogP contribution is -2.43. The number of halogens is 1. The topological polar surface area (TPSA) is 66.9 Å². The van der Waals surface area contributed by atoms with Crippen LogP contribution in [0, 0.1) is 17.7 Å². The highest BCUT2D eigenvalue weighted by Crippen LogP contribution is 2.33. The molecule has 2 aromatic rings. The molecule has 1 saturated carbocycles. The molecule has 4 rings (SSSR count). The van der Waals surface area contributed by atoms with E-state index in [0.29, 0.717) is 26.2 Å². The van der Waals surface area contributed by atoms with Gasteiger partial charge in [0.1, 0.15) is 5.82 Å². The highest BCUT2D eigenvalue weighted by atomic mass is 19.1. The number of carbonyl (C=O) groups is 3. The Morgan fingerprint density at radius 2 is 1.79 bits per heavy atom. The lowest BCUT2D eigenvalue weighted by molar-refractivity contribution is -0.151. The minimum absolute atomic E-state index is 0.0209. The van der Waals surface area contributed by atoms with Crippen LogP contribution in [-0.2, 0) is 32.1 Å². The highest BCUT2D eigenvalue weighted by Gasteiger charge is 2.34. The Balaban J connectivity index is 1.41. The summed E-state index contributed by atoms with van der Waals surface area (Å²) in [6.45, 7) is 3.46. The van der Waals surface area contributed by atoms with Crippen LogP contribution in [0.25, 0.3) is 0 Å². The maximum absolute atomic E-state index is 13.7. The molecule has 34 heavy (non-hydrogen) atoms. The summed E-state index contributed by atoms with van der Waals surface area (Å²) in [7, 11) is 0. The van der Waals surface area contributed by atoms with Gasteiger partial charge in [0.15, 0.2) is 0 Å². The Bertz CT molecular complexity index is 1040. The number of rotatable bonds is 8. The Kier molecular flexibility index (Phi) is 7.60. The van der Waals surface area contributed by atoms with E-state index in [2.05, 4.69) is 0 Å². The fraction of sp³-hybridized carbons (Fsp3) is 0.444. The van der Waals surface area contributed by atoms with Gasteiger partial charge < -0.3 is 14.5 Å². The summed E-state index contributed by atoms with van der Waals surface area (Å²) in [5, 5.41) is 0. The van der Waals surface area contributed by atoms with Gasteiger partial charge in [-0.1, -0.05) is 24.3 Å². The lowest BCUT2D eigenvalue weighted by Gasteiger charge is -2.31. The van der Waals surface area contributed by atoms with Crippen LogP contribution in [0.4, 0.5) is 10.1 Å². The summed E-state index contributed by atoms with van der Waals surface area (Å²) in [6, 6.07) is 13.7. The van der Waals surface area contributed by atoms with Crippen molar-refractivity contribution in [3.05, 3.63) is 65.5 Å². The maximum atomic E-state index is 13.7. The predicted molar refractivity (Wildman–Crippen MR) is 126 cm³/mol. The Morgan fingerprint density at radius 3 is 2.47 bits per heavy atom. The number of benzene rings is 2. The molecule has 1 saturated heterocycles. The van der Waals surface area contributed by atoms with Gasteiger partial charge in [-0.15, -0.1) is 0 Å². The van der Waals surface area contributed by atoms with Gasteiger partial charge in [0.2, 0.25) is 11.8 Å². The number of amides is 2. The smallest absolute Gasteiger partial charge is 0.310 e. The summed E-state index contributed by atoms with van der Waals surface area (Å²) in [6.07, 6.45) is 3.53. The molecule has 1 unspecified atom stereocenters. The zero-order valence-electron chi connectivity index (χ0n) is 19.5. The number of likely N-dealkylation sites (tertiary alicyclic amines) is 1. The first-order valence-corrected chi connectivity index (χ1v) is 12.0. The second-order valence-corrected chi connectivity index (χ2v) is 9.10. The number of carbonyl (C=O) groups excluding carboxylic acids is 3. The van der Waals surface area contributed by atoms with E-state index in [-0.39, 0.29) is 41.9 Å². The van der Waals surface area contributed by atoms with Gasteiger partial charge in [-0.3, -0.25) is 14.4 Å². The summed E-state index contributed by atoms with van der Waals surface area (Å²) in [5.74, 6) is -0.763. The van der Waals surface area contributed by atoms with Gasteiger partial charge in [-0.05, 0) is 68.0 Å². The van der Waals surface area contributed by atoms with Gasteiger partial charge in [0.25, 0.3) is 0 Å². The molecule has 2 aromatic carbocycles. The lowest BCUT2D eigenvalue weighted by atomic mass is 9.97. The van der Waals surface area contributed by atoms with E-state index in [1.807, 2.05) is 30.3 Å². The largest absolute Gasteiger partial charge is 0.466 e. The van der Waals surface area contributed by atoms with Gasteiger partial charge >= 0.3 is 5.97 Å². The number of anilines is 1. The van der Waals surface area contributed by atoms with Crippen LogP contribution >= 0.6 is 0 Å². The average Bonchev–Trinajstić information content (AvgIpc) is 3.69. The molecule has 6 nitrogen and oxygen atoms in total. The molecule has 1 atom stereocenters. The molecule has 2 amide bonds. The van der Waals surface area contributed by atoms with E-state index < -0.39 is 0 Å². The predicted octanol–water partition coefficient (Wildman–Crippen LogP) is 4.11. The Labute approximate surface area is 199 Å². The van der Waals surface area contributed by atoms with Gasteiger partial charge in [-0.2, -0.15) is 0 Å². The monoisotopic (exact) mass is 466 g/mol. The van der Waals surface area contributed by atoms with Crippen molar-refractivity contribution in [2.45, 2.75) is 45.6 Å². The number of nitrogens with zero attached hydrogens (tertiary/aromatic N) is 2. The highest BCUT2D eigenvalue weighted by molar-refractivity contribution is 5.96. The molecular weight excluding hydrogens is 435 g/mol. The maximum Gasteiger partial charge on any atom is 0.310 e. The third kappa shape index (κ3) is 6.01. The van der Waals surface area contributed by atoms with Gasteiger partial charge in [0, 0.05) is 24.7 Å². The molecular formula is C27H31FN2O4. The number of hydrogen-bond acceptors (Lipinski definition) is 4. The fourth-order valence-electron chi connectivity index (χ4n) is 4.40. The average molecular weight is 467 g/mol. The molecule has 2 fully saturated rings. The van der Waals surface area contributed by atoms with Crippen LogP contribution in [0.5, 0.6) is 0 Å². The van der Waals surface area contributed by atoms with Crippen molar-refractivity contribution in [1.82, 2.24) is 4.90 Å². The van der Waals surface area contributed by atoms with Crippen LogP contribution in [0.2, 0.25) is 0 Å². The minimum Gasteiger partial charge on any atom is -0.466 e. The number of hydrogen-bond donors (Lipinski definition) is 0. The van der Waals surface area contributed by atoms with Crippen molar-refractivity contribution in [1.29, 1.82) is 0 Å². The third-order valence-electron chi connectivity index (χ3n) is 6.42. The first-order chi connectivity index (χ1) is 16.4. The fourth-order valence-corrected chi connectivity index (χ4v) is 4.40. The Morgan fingerprint density at radius 1 is 1.03 bits per heavy atom. The molecule has 0 aromatic heterocycles. The second-order valence-electron chi connectivity index (χ2n) is 9.10. The zero-order valence-corrected chi connectivity index (χ0v) is 19.5. The van der Waals surface area contributed by atoms with Crippen molar-refractivity contribution in [2.75, 3.05) is 24.6 Å². The first kappa shape index (κ1) is 23.9. The van der Waals surface area contributed by atoms with Crippen LogP contribution in [-0.4, -0.2) is 42.4 Å². The first-order valence-electron chi connectivity index (χ1n) is 12.0. The van der Waals surface area contributed by atoms with E-state index in [1.165, 1.54) is 12.1 Å². The molecule has 180 valence electrons. The molecule has 0 radical (unpaired) electrons. The SMILES string of the molecule is CCOC(=O)C1CCCN(C(=O)Cc2ccc(N(Cc3cccc(F)c3)C(=O)C3CC3)cc2)C1. The molecule has 0 N–H and O–H groups in total. The van der Waals surface area contributed by atoms with Crippen LogP contribution < -0.4 is 4.90 Å². The third-order valence-corrected chi connectivity index (χ3v) is 6.42. The Hall–Kier alpha value is -3.22. The molecule has 1 aliphatic carbocycles. The standard InChI is InChI=1S/C27H31FN2O4/c1-2-34-27(33)22-6-4-14-29(18-22)25(31)16-19-8-12-24(13-9-19)30(26(32)21-10-11-21)17-20-5-3-7-23(28)15-20/h3,5,7-9,12-13,15,21-22H,2,4,6,10-11,14,16-18H2,1H3. The molecule has 7 heteroatoms. The normalized spacial score (nSPS) is 17.8. The van der Waals surface area contributed by atoms with E-state index in [1.54, 1.807) is 22.8 Å². The number of esters is 1. The zero-order chi connectivity index (χ0) is 24.1. The summed E-state index contributed by atoms with van der Waals surface area (Å²) in [5.41, 5.74) is 2.31. The van der Waals surface area contributed by atoms with E-state index >= 15 is 0 Å². The molecule has 0 bridgehead atoms. The van der Waals surface area contributed by atoms with E-state index in [4.69, 9.17) is 4.74 Å². The van der Waals surface area contributed by atoms with Crippen molar-refractivity contribution in [3.63, 3.8) is 0 Å². The minimum atomic E-state index is -0.326. The quantitative estimate of drug-likeness (QED) is 0.549. The summed E-state index contributed by atoms with van der Waals surface area (Å²) >= 11 is 0. The molecule has 0 spiro atoms. The van der Waals surface area contributed by atoms with Crippen molar-refractivity contribution >= 4 is 23.5 Å². The van der Waals surface area contributed by atoms with Crippen molar-refractivity contribution in [2.24, 2.45) is 11.8 Å². The van der Waals surface area contributed by atoms with Crippen LogP contribution in [0.1, 0.15) is 43.7 Å². The second kappa shape index (κ2) is 10.8. The van der Waals surface area contributed by atoms with Crippen molar-refractivity contribution in [3.8, 4) is 0 Å². The molecule has 1 heterocycles. The number of ether oxygens (including phenoxy) is 1.